The van der Waals surface area contributed by atoms with Gasteiger partial charge >= 0.3 is 0 Å². The Morgan fingerprint density at radius 3 is 2.68 bits per heavy atom. The third-order valence-corrected chi connectivity index (χ3v) is 2.92. The molecule has 98 valence electrons. The van der Waals surface area contributed by atoms with Crippen LogP contribution in [-0.2, 0) is 6.54 Å². The second-order valence-electron chi connectivity index (χ2n) is 4.24. The summed E-state index contributed by atoms with van der Waals surface area (Å²) < 4.78 is 0. The van der Waals surface area contributed by atoms with Gasteiger partial charge in [0, 0.05) is 30.4 Å². The maximum Gasteiger partial charge on any atom is 0.273 e. The Labute approximate surface area is 111 Å². The number of hydrogen-bond donors (Lipinski definition) is 1. The fraction of sp³-hybridized carbons (Fsp3) is 0.214. The van der Waals surface area contributed by atoms with Crippen molar-refractivity contribution in [2.24, 2.45) is 0 Å². The fourth-order valence-electron chi connectivity index (χ4n) is 1.84. The number of nitrogens with zero attached hydrogens (tertiary/aromatic N) is 2. The maximum absolute atomic E-state index is 10.9. The summed E-state index contributed by atoms with van der Waals surface area (Å²) in [5.41, 5.74) is 1.74. The van der Waals surface area contributed by atoms with E-state index in [0.717, 1.165) is 5.69 Å². The van der Waals surface area contributed by atoms with Crippen LogP contribution in [0.5, 0.6) is 0 Å². The van der Waals surface area contributed by atoms with Gasteiger partial charge in [-0.05, 0) is 19.1 Å². The van der Waals surface area contributed by atoms with Crippen molar-refractivity contribution >= 4 is 5.69 Å². The van der Waals surface area contributed by atoms with Crippen LogP contribution in [0.15, 0.2) is 48.7 Å². The van der Waals surface area contributed by atoms with Crippen LogP contribution in [-0.4, -0.2) is 9.91 Å². The molecule has 0 aliphatic rings. The van der Waals surface area contributed by atoms with Crippen LogP contribution >= 0.6 is 0 Å². The minimum atomic E-state index is -0.359. The van der Waals surface area contributed by atoms with E-state index in [1.165, 1.54) is 6.07 Å². The standard InChI is InChI=1S/C14H15N3O2/c1-11(13-7-4-5-9-15-13)16-10-12-6-2-3-8-14(12)17(18)19/h2-9,11,16H,10H2,1H3. The largest absolute Gasteiger partial charge is 0.304 e. The molecule has 19 heavy (non-hydrogen) atoms. The van der Waals surface area contributed by atoms with Crippen LogP contribution in [0.25, 0.3) is 0 Å². The number of benzene rings is 1. The van der Waals surface area contributed by atoms with Crippen molar-refractivity contribution in [2.75, 3.05) is 0 Å². The highest BCUT2D eigenvalue weighted by Gasteiger charge is 2.13. The molecule has 0 saturated heterocycles. The minimum absolute atomic E-state index is 0.0426. The average Bonchev–Trinajstić information content (AvgIpc) is 2.46. The summed E-state index contributed by atoms with van der Waals surface area (Å²) in [5, 5.41) is 14.1. The van der Waals surface area contributed by atoms with Crippen LogP contribution in [0.4, 0.5) is 5.69 Å². The van der Waals surface area contributed by atoms with Gasteiger partial charge in [0.25, 0.3) is 5.69 Å². The number of pyridine rings is 1. The molecule has 1 N–H and O–H groups in total. The van der Waals surface area contributed by atoms with E-state index in [-0.39, 0.29) is 16.7 Å². The second-order valence-corrected chi connectivity index (χ2v) is 4.24. The van der Waals surface area contributed by atoms with Gasteiger partial charge in [0.15, 0.2) is 0 Å². The van der Waals surface area contributed by atoms with Crippen molar-refractivity contribution in [3.8, 4) is 0 Å². The maximum atomic E-state index is 10.9. The minimum Gasteiger partial charge on any atom is -0.304 e. The van der Waals surface area contributed by atoms with Crippen LogP contribution in [0.3, 0.4) is 0 Å². The van der Waals surface area contributed by atoms with Crippen molar-refractivity contribution in [1.29, 1.82) is 0 Å². The Balaban J connectivity index is 2.05. The lowest BCUT2D eigenvalue weighted by Gasteiger charge is -2.13. The van der Waals surface area contributed by atoms with E-state index in [0.29, 0.717) is 12.1 Å². The Bertz CT molecular complexity index is 558. The van der Waals surface area contributed by atoms with E-state index >= 15 is 0 Å². The van der Waals surface area contributed by atoms with Crippen molar-refractivity contribution in [2.45, 2.75) is 19.5 Å². The van der Waals surface area contributed by atoms with E-state index in [1.54, 1.807) is 24.4 Å². The predicted molar refractivity (Wildman–Crippen MR) is 72.6 cm³/mol. The first-order chi connectivity index (χ1) is 9.18. The molecule has 0 fully saturated rings. The first-order valence-electron chi connectivity index (χ1n) is 6.05. The monoisotopic (exact) mass is 257 g/mol. The normalized spacial score (nSPS) is 12.1. The third-order valence-electron chi connectivity index (χ3n) is 2.92. The van der Waals surface area contributed by atoms with Crippen molar-refractivity contribution in [3.05, 3.63) is 70.0 Å². The summed E-state index contributed by atoms with van der Waals surface area (Å²) in [5.74, 6) is 0. The van der Waals surface area contributed by atoms with Crippen LogP contribution < -0.4 is 5.32 Å². The van der Waals surface area contributed by atoms with Gasteiger partial charge in [-0.2, -0.15) is 0 Å². The van der Waals surface area contributed by atoms with E-state index in [9.17, 15) is 10.1 Å². The number of para-hydroxylation sites is 1. The second kappa shape index (κ2) is 6.06. The molecule has 1 unspecified atom stereocenters. The molecule has 1 atom stereocenters. The zero-order chi connectivity index (χ0) is 13.7. The zero-order valence-electron chi connectivity index (χ0n) is 10.6. The average molecular weight is 257 g/mol. The predicted octanol–water partition coefficient (Wildman–Crippen LogP) is 2.84. The van der Waals surface area contributed by atoms with E-state index in [4.69, 9.17) is 0 Å². The number of nitro benzene ring substituents is 1. The van der Waals surface area contributed by atoms with Gasteiger partial charge < -0.3 is 5.32 Å². The number of hydrogen-bond acceptors (Lipinski definition) is 4. The molecule has 0 spiro atoms. The van der Waals surface area contributed by atoms with Crippen molar-refractivity contribution < 1.29 is 4.92 Å². The first-order valence-corrected chi connectivity index (χ1v) is 6.05. The van der Waals surface area contributed by atoms with Gasteiger partial charge in [-0.25, -0.2) is 0 Å². The Morgan fingerprint density at radius 1 is 1.26 bits per heavy atom. The number of aromatic nitrogens is 1. The molecular formula is C14H15N3O2. The molecule has 0 amide bonds. The molecule has 1 heterocycles. The summed E-state index contributed by atoms with van der Waals surface area (Å²) >= 11 is 0. The third kappa shape index (κ3) is 3.35. The first kappa shape index (κ1) is 13.2. The lowest BCUT2D eigenvalue weighted by Crippen LogP contribution is -2.19. The topological polar surface area (TPSA) is 68.1 Å². The van der Waals surface area contributed by atoms with Crippen molar-refractivity contribution in [3.63, 3.8) is 0 Å². The molecule has 1 aromatic heterocycles. The fourth-order valence-corrected chi connectivity index (χ4v) is 1.84. The van der Waals surface area contributed by atoms with Crippen LogP contribution in [0.1, 0.15) is 24.2 Å². The van der Waals surface area contributed by atoms with Crippen LogP contribution in [0, 0.1) is 10.1 Å². The summed E-state index contributed by atoms with van der Waals surface area (Å²) in [4.78, 5) is 14.8. The smallest absolute Gasteiger partial charge is 0.273 e. The Hall–Kier alpha value is -2.27. The van der Waals surface area contributed by atoms with Crippen molar-refractivity contribution in [1.82, 2.24) is 10.3 Å². The molecule has 2 aromatic rings. The van der Waals surface area contributed by atoms with Gasteiger partial charge in [0.1, 0.15) is 0 Å². The van der Waals surface area contributed by atoms with E-state index in [1.807, 2.05) is 25.1 Å². The molecule has 0 bridgehead atoms. The highest BCUT2D eigenvalue weighted by Crippen LogP contribution is 2.18. The van der Waals surface area contributed by atoms with Gasteiger partial charge in [-0.3, -0.25) is 15.1 Å². The molecule has 5 nitrogen and oxygen atoms in total. The molecule has 1 aromatic carbocycles. The molecule has 5 heteroatoms. The lowest BCUT2D eigenvalue weighted by atomic mass is 10.1. The molecule has 0 aliphatic heterocycles. The van der Waals surface area contributed by atoms with Crippen LogP contribution in [0.2, 0.25) is 0 Å². The molecule has 2 rings (SSSR count). The number of nitrogens with one attached hydrogen (secondary N) is 1. The number of rotatable bonds is 5. The van der Waals surface area contributed by atoms with Gasteiger partial charge in [-0.1, -0.05) is 24.3 Å². The Morgan fingerprint density at radius 2 is 2.00 bits per heavy atom. The SMILES string of the molecule is CC(NCc1ccccc1[N+](=O)[O-])c1ccccn1. The molecular weight excluding hydrogens is 242 g/mol. The molecule has 0 aliphatic carbocycles. The lowest BCUT2D eigenvalue weighted by molar-refractivity contribution is -0.385. The zero-order valence-corrected chi connectivity index (χ0v) is 10.6. The highest BCUT2D eigenvalue weighted by atomic mass is 16.6. The summed E-state index contributed by atoms with van der Waals surface area (Å²) in [6.45, 7) is 2.42. The quantitative estimate of drug-likeness (QED) is 0.660. The highest BCUT2D eigenvalue weighted by molar-refractivity contribution is 5.39. The summed E-state index contributed by atoms with van der Waals surface area (Å²) in [7, 11) is 0. The van der Waals surface area contributed by atoms with Gasteiger partial charge in [0.2, 0.25) is 0 Å². The van der Waals surface area contributed by atoms with Gasteiger partial charge in [-0.15, -0.1) is 0 Å². The molecule has 0 saturated carbocycles. The molecule has 0 radical (unpaired) electrons. The summed E-state index contributed by atoms with van der Waals surface area (Å²) in [6.07, 6.45) is 1.73. The van der Waals surface area contributed by atoms with E-state index < -0.39 is 0 Å². The summed E-state index contributed by atoms with van der Waals surface area (Å²) in [6, 6.07) is 12.5. The van der Waals surface area contributed by atoms with Gasteiger partial charge in [0.05, 0.1) is 10.6 Å². The van der Waals surface area contributed by atoms with E-state index in [2.05, 4.69) is 10.3 Å². The number of nitro groups is 1. The Kier molecular flexibility index (Phi) is 4.20.